The standard InChI is InChI=1S/C3H4N3S/c4-2-6-3(5)1-7/h1H2,(H2,5,6). The van der Waals surface area contributed by atoms with E-state index in [0.29, 0.717) is 0 Å². The summed E-state index contributed by atoms with van der Waals surface area (Å²) < 4.78 is 0. The van der Waals surface area contributed by atoms with Crippen molar-refractivity contribution in [1.82, 2.24) is 5.32 Å². The maximum atomic E-state index is 7.82. The van der Waals surface area contributed by atoms with Crippen LogP contribution in [0.15, 0.2) is 0 Å². The first-order chi connectivity index (χ1) is 3.31. The Hall–Kier alpha value is -0.690. The van der Waals surface area contributed by atoms with Crippen LogP contribution in [0.4, 0.5) is 0 Å². The Morgan fingerprint density at radius 1 is 2.00 bits per heavy atom. The number of nitriles is 1. The lowest BCUT2D eigenvalue weighted by atomic mass is 10.7. The summed E-state index contributed by atoms with van der Waals surface area (Å²) >= 11 is 4.40. The van der Waals surface area contributed by atoms with Crippen molar-refractivity contribution >= 4 is 18.5 Å². The Bertz CT molecular complexity index is 103. The smallest absolute Gasteiger partial charge is 0.182 e. The molecular formula is C3H4N3S. The monoisotopic (exact) mass is 114 g/mol. The van der Waals surface area contributed by atoms with Gasteiger partial charge in [-0.2, -0.15) is 5.26 Å². The zero-order valence-electron chi connectivity index (χ0n) is 3.56. The van der Waals surface area contributed by atoms with Gasteiger partial charge in [-0.15, -0.1) is 0 Å². The summed E-state index contributed by atoms with van der Waals surface area (Å²) in [6, 6.07) is 0. The lowest BCUT2D eigenvalue weighted by Crippen LogP contribution is -2.16. The Morgan fingerprint density at radius 3 is 2.71 bits per heavy atom. The van der Waals surface area contributed by atoms with Crippen LogP contribution in [-0.4, -0.2) is 11.6 Å². The molecule has 0 aromatic carbocycles. The van der Waals surface area contributed by atoms with E-state index in [1.165, 1.54) is 0 Å². The van der Waals surface area contributed by atoms with Crippen molar-refractivity contribution in [2.24, 2.45) is 0 Å². The number of nitrogens with zero attached hydrogens (tertiary/aromatic N) is 1. The Balaban J connectivity index is 3.23. The highest BCUT2D eigenvalue weighted by Gasteiger charge is 1.84. The second kappa shape index (κ2) is 3.50. The Morgan fingerprint density at radius 2 is 2.57 bits per heavy atom. The molecule has 0 aromatic heterocycles. The topological polar surface area (TPSA) is 59.7 Å². The molecular weight excluding hydrogens is 110 g/mol. The van der Waals surface area contributed by atoms with Crippen molar-refractivity contribution < 1.29 is 0 Å². The molecule has 0 aliphatic heterocycles. The van der Waals surface area contributed by atoms with Gasteiger partial charge in [-0.25, -0.2) is 0 Å². The quantitative estimate of drug-likeness (QED) is 0.222. The summed E-state index contributed by atoms with van der Waals surface area (Å²) in [6.45, 7) is 0. The molecule has 2 N–H and O–H groups in total. The van der Waals surface area contributed by atoms with Gasteiger partial charge in [0, 0.05) is 0 Å². The first kappa shape index (κ1) is 6.31. The summed E-state index contributed by atoms with van der Waals surface area (Å²) in [5.74, 6) is 0.255. The largest absolute Gasteiger partial charge is 0.287 e. The molecule has 0 saturated heterocycles. The molecule has 37 valence electrons. The third kappa shape index (κ3) is 3.13. The second-order valence-corrected chi connectivity index (χ2v) is 1.15. The van der Waals surface area contributed by atoms with Crippen molar-refractivity contribution in [3.63, 3.8) is 0 Å². The number of hydrogen-bond acceptors (Lipinski definition) is 2. The number of nitrogens with one attached hydrogen (secondary N) is 2. The average molecular weight is 114 g/mol. The lowest BCUT2D eigenvalue weighted by molar-refractivity contribution is 1.22. The highest BCUT2D eigenvalue weighted by atomic mass is 32.1. The van der Waals surface area contributed by atoms with E-state index in [1.54, 1.807) is 6.19 Å². The number of amidine groups is 1. The molecule has 0 rings (SSSR count). The molecule has 0 aliphatic carbocycles. The van der Waals surface area contributed by atoms with E-state index in [1.807, 2.05) is 0 Å². The zero-order chi connectivity index (χ0) is 5.70. The summed E-state index contributed by atoms with van der Waals surface area (Å²) in [6.07, 6.45) is 1.58. The highest BCUT2D eigenvalue weighted by molar-refractivity contribution is 7.81. The zero-order valence-corrected chi connectivity index (χ0v) is 4.38. The van der Waals surface area contributed by atoms with Crippen molar-refractivity contribution in [2.45, 2.75) is 0 Å². The minimum Gasteiger partial charge on any atom is -0.287 e. The van der Waals surface area contributed by atoms with Crippen molar-refractivity contribution in [1.29, 1.82) is 10.7 Å². The van der Waals surface area contributed by atoms with Gasteiger partial charge in [-0.1, -0.05) is 12.6 Å². The van der Waals surface area contributed by atoms with Crippen LogP contribution in [0.3, 0.4) is 0 Å². The molecule has 4 heteroatoms. The molecule has 0 amide bonds. The van der Waals surface area contributed by atoms with Crippen LogP contribution in [0.25, 0.3) is 0 Å². The van der Waals surface area contributed by atoms with Crippen molar-refractivity contribution in [3.05, 3.63) is 0 Å². The van der Waals surface area contributed by atoms with Crippen LogP contribution in [0.1, 0.15) is 0 Å². The fourth-order valence-electron chi connectivity index (χ4n) is 0.104. The van der Waals surface area contributed by atoms with Gasteiger partial charge < -0.3 is 0 Å². The normalized spacial score (nSPS) is 6.86. The van der Waals surface area contributed by atoms with E-state index in [2.05, 4.69) is 17.9 Å². The summed E-state index contributed by atoms with van der Waals surface area (Å²) in [7, 11) is 0. The van der Waals surface area contributed by atoms with E-state index in [0.717, 1.165) is 0 Å². The van der Waals surface area contributed by atoms with Crippen LogP contribution in [-0.2, 0) is 0 Å². The van der Waals surface area contributed by atoms with Gasteiger partial charge in [0.2, 0.25) is 0 Å². The van der Waals surface area contributed by atoms with Crippen LogP contribution in [0.5, 0.6) is 0 Å². The minimum absolute atomic E-state index is 0.0810. The van der Waals surface area contributed by atoms with Gasteiger partial charge in [0.15, 0.2) is 6.19 Å². The van der Waals surface area contributed by atoms with E-state index < -0.39 is 0 Å². The first-order valence-electron chi connectivity index (χ1n) is 1.62. The first-order valence-corrected chi connectivity index (χ1v) is 2.19. The summed E-state index contributed by atoms with van der Waals surface area (Å²) in [5.41, 5.74) is 0. The third-order valence-electron chi connectivity index (χ3n) is 0.351. The molecule has 0 heterocycles. The number of hydrogen-bond donors (Lipinski definition) is 2. The van der Waals surface area contributed by atoms with Crippen LogP contribution >= 0.6 is 12.6 Å². The Labute approximate surface area is 47.3 Å². The van der Waals surface area contributed by atoms with Crippen molar-refractivity contribution in [2.75, 3.05) is 5.75 Å². The predicted octanol–water partition coefficient (Wildman–Crippen LogP) is 0.232. The van der Waals surface area contributed by atoms with E-state index in [-0.39, 0.29) is 11.6 Å². The molecule has 3 nitrogen and oxygen atoms in total. The van der Waals surface area contributed by atoms with Crippen LogP contribution < -0.4 is 5.32 Å². The molecule has 0 spiro atoms. The molecule has 0 saturated carbocycles. The van der Waals surface area contributed by atoms with E-state index in [9.17, 15) is 0 Å². The molecule has 7 heavy (non-hydrogen) atoms. The molecule has 1 radical (unpaired) electrons. The Kier molecular flexibility index (Phi) is 3.15. The summed E-state index contributed by atoms with van der Waals surface area (Å²) in [4.78, 5) is 0. The lowest BCUT2D eigenvalue weighted by Gasteiger charge is -1.87. The van der Waals surface area contributed by atoms with Gasteiger partial charge in [-0.3, -0.25) is 10.7 Å². The van der Waals surface area contributed by atoms with Crippen LogP contribution in [0, 0.1) is 16.9 Å². The van der Waals surface area contributed by atoms with Gasteiger partial charge >= 0.3 is 0 Å². The second-order valence-electron chi connectivity index (χ2n) is 0.860. The average Bonchev–Trinajstić information content (AvgIpc) is 1.68. The van der Waals surface area contributed by atoms with Gasteiger partial charge in [0.05, 0.1) is 5.75 Å². The van der Waals surface area contributed by atoms with Gasteiger partial charge in [0.1, 0.15) is 5.84 Å². The maximum Gasteiger partial charge on any atom is 0.182 e. The molecule has 0 aromatic rings. The predicted molar refractivity (Wildman–Crippen MR) is 28.9 cm³/mol. The van der Waals surface area contributed by atoms with Crippen molar-refractivity contribution in [3.8, 4) is 6.19 Å². The highest BCUT2D eigenvalue weighted by Crippen LogP contribution is 1.69. The maximum absolute atomic E-state index is 7.82. The SMILES string of the molecule is N#CNC(=N)C[S]. The van der Waals surface area contributed by atoms with Crippen LogP contribution in [0.2, 0.25) is 0 Å². The summed E-state index contributed by atoms with van der Waals surface area (Å²) in [5, 5.41) is 16.6. The fraction of sp³-hybridized carbons (Fsp3) is 0.333. The minimum atomic E-state index is 0.0810. The molecule has 0 fully saturated rings. The molecule has 0 bridgehead atoms. The number of rotatable bonds is 1. The molecule has 0 unspecified atom stereocenters. The molecule has 0 atom stereocenters. The van der Waals surface area contributed by atoms with E-state index >= 15 is 0 Å². The van der Waals surface area contributed by atoms with Gasteiger partial charge in [-0.05, 0) is 0 Å². The fourth-order valence-corrected chi connectivity index (χ4v) is 0.176. The van der Waals surface area contributed by atoms with Gasteiger partial charge in [0.25, 0.3) is 0 Å². The van der Waals surface area contributed by atoms with E-state index in [4.69, 9.17) is 10.7 Å². The molecule has 0 aliphatic rings. The third-order valence-corrected chi connectivity index (χ3v) is 0.640.